The third-order valence-corrected chi connectivity index (χ3v) is 6.07. The molecule has 0 amide bonds. The Bertz CT molecular complexity index is 1420. The molecule has 1 atom stereocenters. The number of carbonyl (C=O) groups excluding carboxylic acids is 2. The summed E-state index contributed by atoms with van der Waals surface area (Å²) in [5.41, 5.74) is 8.08. The van der Waals surface area contributed by atoms with E-state index >= 15 is 0 Å². The van der Waals surface area contributed by atoms with Crippen molar-refractivity contribution in [3.63, 3.8) is 0 Å². The van der Waals surface area contributed by atoms with Crippen LogP contribution in [0.2, 0.25) is 10.0 Å². The lowest BCUT2D eigenvalue weighted by molar-refractivity contribution is 0.0600. The van der Waals surface area contributed by atoms with Crippen LogP contribution in [0.25, 0.3) is 0 Å². The van der Waals surface area contributed by atoms with Gasteiger partial charge in [0.25, 0.3) is 0 Å². The molecule has 0 aromatic heterocycles. The second-order valence-electron chi connectivity index (χ2n) is 7.60. The zero-order valence-corrected chi connectivity index (χ0v) is 20.5. The molecule has 0 aliphatic carbocycles. The minimum absolute atomic E-state index is 0.0794. The molecule has 0 saturated carbocycles. The maximum atomic E-state index is 12.7. The lowest BCUT2D eigenvalue weighted by Crippen LogP contribution is -2.21. The molecule has 0 spiro atoms. The van der Waals surface area contributed by atoms with Gasteiger partial charge in [-0.05, 0) is 35.9 Å². The molecule has 1 unspecified atom stereocenters. The summed E-state index contributed by atoms with van der Waals surface area (Å²) in [7, 11) is 2.71. The molecule has 8 nitrogen and oxygen atoms in total. The highest BCUT2D eigenvalue weighted by atomic mass is 35.5. The van der Waals surface area contributed by atoms with Gasteiger partial charge in [0.15, 0.2) is 5.75 Å². The lowest BCUT2D eigenvalue weighted by Gasteiger charge is -2.26. The predicted octanol–water partition coefficient (Wildman–Crippen LogP) is 5.23. The maximum absolute atomic E-state index is 12.7. The van der Waals surface area contributed by atoms with Crippen molar-refractivity contribution in [2.75, 3.05) is 14.2 Å². The van der Waals surface area contributed by atoms with Gasteiger partial charge >= 0.3 is 11.9 Å². The number of methoxy groups -OCH3 is 2. The van der Waals surface area contributed by atoms with Gasteiger partial charge in [-0.2, -0.15) is 5.26 Å². The maximum Gasteiger partial charge on any atom is 0.343 e. The summed E-state index contributed by atoms with van der Waals surface area (Å²) in [6, 6.07) is 16.2. The van der Waals surface area contributed by atoms with Crippen molar-refractivity contribution in [3.8, 4) is 23.3 Å². The van der Waals surface area contributed by atoms with E-state index in [0.29, 0.717) is 22.4 Å². The number of fused-ring (bicyclic) bond motifs is 1. The van der Waals surface area contributed by atoms with E-state index in [9.17, 15) is 14.9 Å². The van der Waals surface area contributed by atoms with Crippen molar-refractivity contribution in [1.82, 2.24) is 0 Å². The van der Waals surface area contributed by atoms with E-state index in [0.717, 1.165) is 0 Å². The van der Waals surface area contributed by atoms with Crippen molar-refractivity contribution in [2.24, 2.45) is 5.73 Å². The number of rotatable bonds is 5. The summed E-state index contributed by atoms with van der Waals surface area (Å²) >= 11 is 12.2. The van der Waals surface area contributed by atoms with E-state index in [2.05, 4.69) is 6.07 Å². The van der Waals surface area contributed by atoms with Crippen LogP contribution in [0.3, 0.4) is 0 Å². The van der Waals surface area contributed by atoms with Crippen LogP contribution >= 0.6 is 23.2 Å². The summed E-state index contributed by atoms with van der Waals surface area (Å²) in [5, 5.41) is 10.1. The molecule has 3 aromatic carbocycles. The number of allylic oxidation sites excluding steroid dienone is 1. The second-order valence-corrected chi connectivity index (χ2v) is 8.42. The van der Waals surface area contributed by atoms with Crippen molar-refractivity contribution in [2.45, 2.75) is 5.92 Å². The third kappa shape index (κ3) is 4.67. The molecule has 36 heavy (non-hydrogen) atoms. The van der Waals surface area contributed by atoms with Crippen molar-refractivity contribution < 1.29 is 28.5 Å². The van der Waals surface area contributed by atoms with E-state index in [1.807, 2.05) is 0 Å². The summed E-state index contributed by atoms with van der Waals surface area (Å²) in [4.78, 5) is 24.5. The summed E-state index contributed by atoms with van der Waals surface area (Å²) in [6.07, 6.45) is 0. The van der Waals surface area contributed by atoms with Gasteiger partial charge in [-0.1, -0.05) is 41.4 Å². The number of esters is 2. The van der Waals surface area contributed by atoms with Gasteiger partial charge < -0.3 is 24.7 Å². The van der Waals surface area contributed by atoms with E-state index < -0.39 is 17.9 Å². The van der Waals surface area contributed by atoms with Crippen LogP contribution in [0.15, 0.2) is 66.1 Å². The second kappa shape index (κ2) is 10.2. The topological polar surface area (TPSA) is 121 Å². The normalized spacial score (nSPS) is 14.2. The molecule has 0 radical (unpaired) electrons. The van der Waals surface area contributed by atoms with E-state index in [4.69, 9.17) is 47.9 Å². The Labute approximate surface area is 216 Å². The molecule has 2 N–H and O–H groups in total. The number of nitrogens with two attached hydrogens (primary N) is 1. The molecule has 10 heteroatoms. The number of nitrogens with zero attached hydrogens (tertiary/aromatic N) is 1. The third-order valence-electron chi connectivity index (χ3n) is 5.50. The van der Waals surface area contributed by atoms with E-state index in [1.165, 1.54) is 32.4 Å². The summed E-state index contributed by atoms with van der Waals surface area (Å²) in [5.74, 6) is -1.08. The minimum atomic E-state index is -0.701. The van der Waals surface area contributed by atoms with Gasteiger partial charge in [0.05, 0.1) is 41.3 Å². The number of hydrogen-bond donors (Lipinski definition) is 1. The molecular weight excluding hydrogens is 507 g/mol. The highest BCUT2D eigenvalue weighted by Crippen LogP contribution is 2.43. The molecule has 0 bridgehead atoms. The molecule has 1 aliphatic rings. The number of carbonyl (C=O) groups is 2. The molecule has 4 rings (SSSR count). The van der Waals surface area contributed by atoms with E-state index in [-0.39, 0.29) is 38.6 Å². The van der Waals surface area contributed by atoms with Crippen molar-refractivity contribution in [3.05, 3.63) is 98.4 Å². The molecule has 182 valence electrons. The first-order valence-electron chi connectivity index (χ1n) is 10.4. The monoisotopic (exact) mass is 524 g/mol. The van der Waals surface area contributed by atoms with Gasteiger partial charge in [0.2, 0.25) is 5.88 Å². The molecule has 1 heterocycles. The van der Waals surface area contributed by atoms with Crippen LogP contribution < -0.4 is 19.9 Å². The van der Waals surface area contributed by atoms with Gasteiger partial charge in [0, 0.05) is 11.6 Å². The number of nitriles is 1. The first kappa shape index (κ1) is 24.9. The SMILES string of the molecule is COC(=O)c1ccc(C2C(C#N)=C(N)Oc3cc(OC(=O)c4cc(Cl)c(OC)c(Cl)c4)ccc32)cc1. The Morgan fingerprint density at radius 1 is 0.972 bits per heavy atom. The molecule has 0 fully saturated rings. The Morgan fingerprint density at radius 2 is 1.64 bits per heavy atom. The minimum Gasteiger partial charge on any atom is -0.494 e. The van der Waals surface area contributed by atoms with Gasteiger partial charge in [-0.3, -0.25) is 0 Å². The van der Waals surface area contributed by atoms with Crippen LogP contribution in [0.1, 0.15) is 37.8 Å². The fraction of sp³-hybridized carbons (Fsp3) is 0.115. The number of ether oxygens (including phenoxy) is 4. The first-order valence-corrected chi connectivity index (χ1v) is 11.2. The smallest absolute Gasteiger partial charge is 0.343 e. The number of benzene rings is 3. The highest BCUT2D eigenvalue weighted by molar-refractivity contribution is 6.37. The Morgan fingerprint density at radius 3 is 2.22 bits per heavy atom. The Hall–Kier alpha value is -4.19. The molecular formula is C26H18Cl2N2O6. The van der Waals surface area contributed by atoms with Gasteiger partial charge in [-0.15, -0.1) is 0 Å². The quantitative estimate of drug-likeness (QED) is 0.355. The van der Waals surface area contributed by atoms with Crippen LogP contribution in [-0.2, 0) is 4.74 Å². The van der Waals surface area contributed by atoms with Crippen LogP contribution in [0, 0.1) is 11.3 Å². The predicted molar refractivity (Wildman–Crippen MR) is 131 cm³/mol. The lowest BCUT2D eigenvalue weighted by atomic mass is 9.83. The molecule has 3 aromatic rings. The van der Waals surface area contributed by atoms with Crippen molar-refractivity contribution >= 4 is 35.1 Å². The van der Waals surface area contributed by atoms with Crippen LogP contribution in [-0.4, -0.2) is 26.2 Å². The summed E-state index contributed by atoms with van der Waals surface area (Å²) in [6.45, 7) is 0. The Balaban J connectivity index is 1.66. The Kier molecular flexibility index (Phi) is 7.06. The van der Waals surface area contributed by atoms with E-state index in [1.54, 1.807) is 36.4 Å². The van der Waals surface area contributed by atoms with Gasteiger partial charge in [-0.25, -0.2) is 9.59 Å². The summed E-state index contributed by atoms with van der Waals surface area (Å²) < 4.78 is 21.0. The van der Waals surface area contributed by atoms with Crippen LogP contribution in [0.5, 0.6) is 17.2 Å². The van der Waals surface area contributed by atoms with Crippen LogP contribution in [0.4, 0.5) is 0 Å². The fourth-order valence-corrected chi connectivity index (χ4v) is 4.45. The zero-order chi connectivity index (χ0) is 26.0. The first-order chi connectivity index (χ1) is 17.3. The standard InChI is InChI=1S/C26H18Cl2N2O6/c1-33-23-19(27)9-15(10-20(23)28)26(32)35-16-7-8-17-21(11-16)36-24(30)18(12-29)22(17)13-3-5-14(6-4-13)25(31)34-2/h3-11,22H,30H2,1-2H3. The largest absolute Gasteiger partial charge is 0.494 e. The number of halogens is 2. The fourth-order valence-electron chi connectivity index (χ4n) is 3.81. The number of hydrogen-bond acceptors (Lipinski definition) is 8. The molecule has 1 aliphatic heterocycles. The zero-order valence-electron chi connectivity index (χ0n) is 19.0. The highest BCUT2D eigenvalue weighted by Gasteiger charge is 2.31. The average Bonchev–Trinajstić information content (AvgIpc) is 2.87. The average molecular weight is 525 g/mol. The molecule has 0 saturated heterocycles. The van der Waals surface area contributed by atoms with Crippen molar-refractivity contribution in [1.29, 1.82) is 5.26 Å². The van der Waals surface area contributed by atoms with Gasteiger partial charge in [0.1, 0.15) is 23.1 Å².